The second-order valence-electron chi connectivity index (χ2n) is 11.6. The second-order valence-corrected chi connectivity index (χ2v) is 14.2. The molecule has 6 unspecified atom stereocenters. The molecule has 0 spiro atoms. The summed E-state index contributed by atoms with van der Waals surface area (Å²) in [6, 6.07) is 0. The fourth-order valence-electron chi connectivity index (χ4n) is 4.36. The van der Waals surface area contributed by atoms with Gasteiger partial charge < -0.3 is 67.6 Å². The molecule has 10 heteroatoms. The number of hydrogen-bond donors (Lipinski definition) is 3. The fourth-order valence-corrected chi connectivity index (χ4v) is 5.65. The quantitative estimate of drug-likeness (QED) is 0.0719. The molecule has 44 heavy (non-hydrogen) atoms. The average Bonchev–Trinajstić information content (AvgIpc) is 3.00. The molecule has 0 aliphatic heterocycles. The molecule has 260 valence electrons. The van der Waals surface area contributed by atoms with Crippen molar-refractivity contribution in [2.45, 2.75) is 180 Å². The molecule has 3 N–H and O–H groups in total. The van der Waals surface area contributed by atoms with Crippen molar-refractivity contribution in [1.82, 2.24) is 0 Å². The van der Waals surface area contributed by atoms with Gasteiger partial charge in [-0.3, -0.25) is 0 Å². The number of rotatable bonds is 23. The van der Waals surface area contributed by atoms with Gasteiger partial charge in [0.25, 0.3) is 0 Å². The molecule has 0 bridgehead atoms. The third-order valence-electron chi connectivity index (χ3n) is 7.65. The summed E-state index contributed by atoms with van der Waals surface area (Å²) >= 11 is 14.9. The van der Waals surface area contributed by atoms with Crippen LogP contribution in [0.2, 0.25) is 4.44 Å². The van der Waals surface area contributed by atoms with Crippen molar-refractivity contribution >= 4 is 75.8 Å². The molecule has 0 saturated carbocycles. The van der Waals surface area contributed by atoms with E-state index < -0.39 is 33.7 Å². The van der Waals surface area contributed by atoms with Crippen molar-refractivity contribution in [3.63, 3.8) is 0 Å². The van der Waals surface area contributed by atoms with Crippen LogP contribution in [-0.2, 0) is 52.3 Å². The summed E-state index contributed by atoms with van der Waals surface area (Å²) in [6.45, 7) is 14.9. The average molecular weight is 786 g/mol. The van der Waals surface area contributed by atoms with Crippen molar-refractivity contribution < 1.29 is 29.7 Å². The van der Waals surface area contributed by atoms with Gasteiger partial charge in [-0.1, -0.05) is 119 Å². The van der Waals surface area contributed by atoms with Crippen LogP contribution in [0, 0.1) is 17.8 Å². The van der Waals surface area contributed by atoms with E-state index in [0.717, 1.165) is 77.0 Å². The van der Waals surface area contributed by atoms with Crippen molar-refractivity contribution in [3.8, 4) is 0 Å². The number of carbonyl (C=O) groups excluding carboxylic acids is 3. The Balaban J connectivity index is -0.000000253. The summed E-state index contributed by atoms with van der Waals surface area (Å²) in [5.41, 5.74) is 0. The zero-order valence-electron chi connectivity index (χ0n) is 29.0. The molecule has 0 rings (SSSR count). The van der Waals surface area contributed by atoms with Gasteiger partial charge >= 0.3 is 46.7 Å². The zero-order valence-corrected chi connectivity index (χ0v) is 34.3. The maximum atomic E-state index is 10.6. The summed E-state index contributed by atoms with van der Waals surface area (Å²) in [5.74, 6) is 1.34. The normalized spacial score (nSPS) is 14.5. The SMILES string of the molecule is CCCCC(CC)CC(O)C(=O)[S-].CCCCC(CC)CC(O)C(=O)[S-].CCCCC(CC)CC(O)C(=O)[S-].CCC[CH2][Sn+3]. The van der Waals surface area contributed by atoms with Crippen LogP contribution in [0.15, 0.2) is 0 Å². The molecule has 0 heterocycles. The van der Waals surface area contributed by atoms with E-state index in [2.05, 4.69) is 86.4 Å². The van der Waals surface area contributed by atoms with E-state index in [0.29, 0.717) is 37.0 Å². The minimum absolute atomic E-state index is 0.446. The summed E-state index contributed by atoms with van der Waals surface area (Å²) in [7, 11) is 0. The van der Waals surface area contributed by atoms with Gasteiger partial charge in [-0.25, -0.2) is 0 Å². The molecule has 0 aliphatic carbocycles. The molecule has 6 nitrogen and oxygen atoms in total. The van der Waals surface area contributed by atoms with E-state index in [9.17, 15) is 29.7 Å². The molecule has 0 aromatic carbocycles. The van der Waals surface area contributed by atoms with Gasteiger partial charge in [0, 0.05) is 15.3 Å². The monoisotopic (exact) mass is 786 g/mol. The van der Waals surface area contributed by atoms with E-state index in [1.165, 1.54) is 17.3 Å². The fraction of sp³-hybridized carbons (Fsp3) is 0.912. The van der Waals surface area contributed by atoms with Crippen molar-refractivity contribution in [2.24, 2.45) is 17.8 Å². The zero-order chi connectivity index (χ0) is 34.9. The Morgan fingerprint density at radius 3 is 0.841 bits per heavy atom. The summed E-state index contributed by atoms with van der Waals surface area (Å²) in [4.78, 5) is 31.9. The summed E-state index contributed by atoms with van der Waals surface area (Å²) in [5, 5.41) is 26.3. The van der Waals surface area contributed by atoms with Crippen molar-refractivity contribution in [2.75, 3.05) is 0 Å². The predicted octanol–water partition coefficient (Wildman–Crippen LogP) is 7.46. The molecule has 0 fully saturated rings. The number of hydrogen-bond acceptors (Lipinski definition) is 9. The molecule has 0 aliphatic rings. The molecule has 0 amide bonds. The third kappa shape index (κ3) is 36.8. The first-order chi connectivity index (χ1) is 20.8. The van der Waals surface area contributed by atoms with Crippen LogP contribution in [0.25, 0.3) is 0 Å². The summed E-state index contributed by atoms with van der Waals surface area (Å²) in [6.07, 6.45) is 14.9. The van der Waals surface area contributed by atoms with Gasteiger partial charge in [-0.2, -0.15) is 0 Å². The Labute approximate surface area is 301 Å². The van der Waals surface area contributed by atoms with E-state index in [1.54, 1.807) is 22.5 Å². The van der Waals surface area contributed by atoms with Gasteiger partial charge in [0.15, 0.2) is 0 Å². The molecule has 0 saturated heterocycles. The first kappa shape index (κ1) is 51.2. The first-order valence-corrected chi connectivity index (χ1v) is 20.3. The Morgan fingerprint density at radius 2 is 0.727 bits per heavy atom. The molecule has 0 radical (unpaired) electrons. The van der Waals surface area contributed by atoms with Crippen molar-refractivity contribution in [1.29, 1.82) is 0 Å². The number of aliphatic hydroxyl groups excluding tert-OH is 3. The molecule has 6 atom stereocenters. The molecular weight excluding hydrogens is 719 g/mol. The van der Waals surface area contributed by atoms with Crippen LogP contribution in [0.5, 0.6) is 0 Å². The van der Waals surface area contributed by atoms with Crippen LogP contribution in [0.4, 0.5) is 0 Å². The van der Waals surface area contributed by atoms with Crippen LogP contribution in [0.3, 0.4) is 0 Å². The van der Waals surface area contributed by atoms with Crippen LogP contribution in [0.1, 0.15) is 158 Å². The Kier molecular flexibility index (Phi) is 44.0. The summed E-state index contributed by atoms with van der Waals surface area (Å²) < 4.78 is 1.43. The van der Waals surface area contributed by atoms with Gasteiger partial charge in [-0.05, 0) is 37.0 Å². The number of aliphatic hydroxyl groups is 3. The first-order valence-electron chi connectivity index (χ1n) is 17.1. The van der Waals surface area contributed by atoms with Gasteiger partial charge in [0.1, 0.15) is 0 Å². The second kappa shape index (κ2) is 37.8. The molecule has 0 aromatic heterocycles. The standard InChI is InChI=1S/3C10H20O2S.C4H9.Sn/c3*1-3-5-6-8(4-2)7-9(11)10(12)13;1-3-4-2;/h3*8-9,11H,3-7H2,1-2H3,(H,12,13);1,3-4H2,2H3;/q;;;;+3/p-3. The number of unbranched alkanes of at least 4 members (excludes halogenated alkanes) is 4. The van der Waals surface area contributed by atoms with E-state index in [-0.39, 0.29) is 0 Å². The topological polar surface area (TPSA) is 112 Å². The molecule has 0 aromatic rings. The van der Waals surface area contributed by atoms with Crippen LogP contribution < -0.4 is 0 Å². The van der Waals surface area contributed by atoms with Gasteiger partial charge in [0.05, 0.1) is 18.3 Å². The van der Waals surface area contributed by atoms with E-state index in [1.807, 2.05) is 0 Å². The predicted molar refractivity (Wildman–Crippen MR) is 194 cm³/mol. The third-order valence-corrected chi connectivity index (χ3v) is 9.47. The van der Waals surface area contributed by atoms with Gasteiger partial charge in [0.2, 0.25) is 0 Å². The minimum atomic E-state index is -0.920. The van der Waals surface area contributed by atoms with E-state index in [4.69, 9.17) is 0 Å². The Hall–Kier alpha value is 0.349. The van der Waals surface area contributed by atoms with Crippen LogP contribution >= 0.6 is 0 Å². The van der Waals surface area contributed by atoms with Crippen LogP contribution in [-0.4, -0.2) is 71.5 Å². The maximum absolute atomic E-state index is 10.6. The van der Waals surface area contributed by atoms with Crippen molar-refractivity contribution in [3.05, 3.63) is 0 Å². The Bertz CT molecular complexity index is 574. The molecular formula is C34H66O6S3Sn. The Morgan fingerprint density at radius 1 is 0.500 bits per heavy atom. The van der Waals surface area contributed by atoms with Gasteiger partial charge in [-0.15, -0.1) is 0 Å². The van der Waals surface area contributed by atoms with E-state index >= 15 is 0 Å². The number of carbonyl (C=O) groups is 3.